The van der Waals surface area contributed by atoms with Gasteiger partial charge < -0.3 is 11.1 Å². The first-order valence-corrected chi connectivity index (χ1v) is 7.96. The molecule has 0 aliphatic heterocycles. The number of amides is 1. The zero-order valence-corrected chi connectivity index (χ0v) is 14.1. The molecule has 0 saturated heterocycles. The fourth-order valence-electron chi connectivity index (χ4n) is 2.71. The van der Waals surface area contributed by atoms with E-state index in [1.165, 1.54) is 53.4 Å². The number of nitrogen functional groups attached to an aromatic ring is 1. The maximum Gasteiger partial charge on any atom is 0.418 e. The second-order valence-electron chi connectivity index (χ2n) is 5.78. The normalized spacial score (nSPS) is 11.7. The minimum absolute atomic E-state index is 0.0601. The van der Waals surface area contributed by atoms with E-state index in [1.807, 2.05) is 0 Å². The standard InChI is InChI=1S/C17H12F3N7O/c18-17(19,20)11-3-1-2-4-12(11)27-14(5-7-22-27)25-16(28)10-9-23-26-8-6-13(21)24-15(10)26/h1-9H,(H2,21,24)(H,25,28). The summed E-state index contributed by atoms with van der Waals surface area (Å²) < 4.78 is 42.3. The van der Waals surface area contributed by atoms with E-state index in [2.05, 4.69) is 20.5 Å². The van der Waals surface area contributed by atoms with Crippen molar-refractivity contribution in [3.63, 3.8) is 0 Å². The summed E-state index contributed by atoms with van der Waals surface area (Å²) in [5.74, 6) is -0.351. The van der Waals surface area contributed by atoms with Crippen LogP contribution in [0.2, 0.25) is 0 Å². The van der Waals surface area contributed by atoms with Gasteiger partial charge in [-0.15, -0.1) is 0 Å². The van der Waals surface area contributed by atoms with Gasteiger partial charge >= 0.3 is 6.18 Å². The van der Waals surface area contributed by atoms with E-state index < -0.39 is 17.6 Å². The first kappa shape index (κ1) is 17.5. The molecule has 142 valence electrons. The van der Waals surface area contributed by atoms with Crippen LogP contribution in [-0.4, -0.2) is 30.3 Å². The van der Waals surface area contributed by atoms with E-state index in [0.29, 0.717) is 0 Å². The molecule has 11 heteroatoms. The summed E-state index contributed by atoms with van der Waals surface area (Å²) in [6.07, 6.45) is -0.456. The lowest BCUT2D eigenvalue weighted by Crippen LogP contribution is -2.17. The van der Waals surface area contributed by atoms with Gasteiger partial charge in [-0.2, -0.15) is 23.4 Å². The number of hydrogen-bond acceptors (Lipinski definition) is 5. The fraction of sp³-hybridized carbons (Fsp3) is 0.0588. The van der Waals surface area contributed by atoms with Gasteiger partial charge in [-0.3, -0.25) is 4.79 Å². The number of fused-ring (bicyclic) bond motifs is 1. The van der Waals surface area contributed by atoms with Gasteiger partial charge in [-0.05, 0) is 18.2 Å². The summed E-state index contributed by atoms with van der Waals surface area (Å²) in [5, 5.41) is 10.5. The number of nitrogens with two attached hydrogens (primary N) is 1. The van der Waals surface area contributed by atoms with Crippen molar-refractivity contribution in [3.05, 3.63) is 66.1 Å². The summed E-state index contributed by atoms with van der Waals surface area (Å²) in [6.45, 7) is 0. The predicted octanol–water partition coefficient (Wildman–Crippen LogP) is 2.77. The molecule has 0 fully saturated rings. The molecule has 0 bridgehead atoms. The first-order chi connectivity index (χ1) is 13.3. The molecule has 0 aliphatic rings. The maximum absolute atomic E-state index is 13.3. The molecule has 1 amide bonds. The molecule has 3 aromatic heterocycles. The number of hydrogen-bond donors (Lipinski definition) is 2. The van der Waals surface area contributed by atoms with Gasteiger partial charge in [0, 0.05) is 12.3 Å². The van der Waals surface area contributed by atoms with Crippen LogP contribution in [0.3, 0.4) is 0 Å². The van der Waals surface area contributed by atoms with E-state index in [0.717, 1.165) is 10.7 Å². The number of halogens is 3. The Morgan fingerprint density at radius 3 is 2.68 bits per heavy atom. The van der Waals surface area contributed by atoms with Gasteiger partial charge in [-0.25, -0.2) is 14.2 Å². The highest BCUT2D eigenvalue weighted by Gasteiger charge is 2.34. The van der Waals surface area contributed by atoms with Crippen LogP contribution in [0.5, 0.6) is 0 Å². The Kier molecular flexibility index (Phi) is 3.99. The molecule has 3 heterocycles. The number of benzene rings is 1. The Bertz CT molecular complexity index is 1180. The van der Waals surface area contributed by atoms with Crippen molar-refractivity contribution < 1.29 is 18.0 Å². The molecule has 3 N–H and O–H groups in total. The summed E-state index contributed by atoms with van der Waals surface area (Å²) in [4.78, 5) is 16.7. The molecule has 0 unspecified atom stereocenters. The molecule has 4 rings (SSSR count). The van der Waals surface area contributed by atoms with Gasteiger partial charge in [0.15, 0.2) is 5.65 Å². The van der Waals surface area contributed by atoms with Crippen LogP contribution in [0.1, 0.15) is 15.9 Å². The fourth-order valence-corrected chi connectivity index (χ4v) is 2.71. The zero-order valence-electron chi connectivity index (χ0n) is 14.1. The Balaban J connectivity index is 1.71. The average molecular weight is 387 g/mol. The van der Waals surface area contributed by atoms with Crippen LogP contribution >= 0.6 is 0 Å². The number of nitrogens with zero attached hydrogens (tertiary/aromatic N) is 5. The van der Waals surface area contributed by atoms with Crippen LogP contribution in [0.4, 0.5) is 24.8 Å². The highest BCUT2D eigenvalue weighted by atomic mass is 19.4. The number of para-hydroxylation sites is 1. The van der Waals surface area contributed by atoms with Crippen LogP contribution in [0.15, 0.2) is 55.0 Å². The lowest BCUT2D eigenvalue weighted by atomic mass is 10.1. The van der Waals surface area contributed by atoms with Crippen molar-refractivity contribution in [3.8, 4) is 5.69 Å². The number of alkyl halides is 3. The van der Waals surface area contributed by atoms with Gasteiger partial charge in [0.1, 0.15) is 17.2 Å². The van der Waals surface area contributed by atoms with Crippen molar-refractivity contribution in [1.82, 2.24) is 24.4 Å². The van der Waals surface area contributed by atoms with E-state index in [9.17, 15) is 18.0 Å². The molecule has 8 nitrogen and oxygen atoms in total. The van der Waals surface area contributed by atoms with E-state index >= 15 is 0 Å². The maximum atomic E-state index is 13.3. The van der Waals surface area contributed by atoms with E-state index in [4.69, 9.17) is 5.73 Å². The third kappa shape index (κ3) is 3.02. The Labute approximate surface area is 155 Å². The number of carbonyl (C=O) groups is 1. The second-order valence-corrected chi connectivity index (χ2v) is 5.78. The van der Waals surface area contributed by atoms with Gasteiger partial charge in [0.25, 0.3) is 5.91 Å². The van der Waals surface area contributed by atoms with E-state index in [1.54, 1.807) is 0 Å². The van der Waals surface area contributed by atoms with Crippen molar-refractivity contribution in [2.45, 2.75) is 6.18 Å². The average Bonchev–Trinajstić information content (AvgIpc) is 3.27. The largest absolute Gasteiger partial charge is 0.418 e. The molecule has 0 atom stereocenters. The smallest absolute Gasteiger partial charge is 0.384 e. The van der Waals surface area contributed by atoms with Gasteiger partial charge in [0.05, 0.1) is 23.6 Å². The lowest BCUT2D eigenvalue weighted by Gasteiger charge is -2.14. The highest BCUT2D eigenvalue weighted by Crippen LogP contribution is 2.34. The minimum Gasteiger partial charge on any atom is -0.384 e. The molecular weight excluding hydrogens is 375 g/mol. The zero-order chi connectivity index (χ0) is 19.9. The van der Waals surface area contributed by atoms with Crippen molar-refractivity contribution in [2.24, 2.45) is 0 Å². The topological polar surface area (TPSA) is 103 Å². The Morgan fingerprint density at radius 2 is 1.89 bits per heavy atom. The molecule has 0 radical (unpaired) electrons. The summed E-state index contributed by atoms with van der Waals surface area (Å²) in [7, 11) is 0. The van der Waals surface area contributed by atoms with Crippen molar-refractivity contribution >= 4 is 23.2 Å². The Morgan fingerprint density at radius 1 is 1.11 bits per heavy atom. The molecule has 0 spiro atoms. The minimum atomic E-state index is -4.58. The van der Waals surface area contributed by atoms with Crippen molar-refractivity contribution in [2.75, 3.05) is 11.1 Å². The van der Waals surface area contributed by atoms with Crippen LogP contribution in [0, 0.1) is 0 Å². The third-order valence-corrected chi connectivity index (χ3v) is 3.96. The number of carbonyl (C=O) groups excluding carboxylic acids is 1. The first-order valence-electron chi connectivity index (χ1n) is 7.96. The third-order valence-electron chi connectivity index (χ3n) is 3.96. The highest BCUT2D eigenvalue weighted by molar-refractivity contribution is 6.07. The van der Waals surface area contributed by atoms with Crippen LogP contribution in [-0.2, 0) is 6.18 Å². The van der Waals surface area contributed by atoms with Crippen LogP contribution < -0.4 is 11.1 Å². The monoisotopic (exact) mass is 387 g/mol. The molecular formula is C17H12F3N7O. The van der Waals surface area contributed by atoms with Gasteiger partial charge in [0.2, 0.25) is 0 Å². The number of aromatic nitrogens is 5. The predicted molar refractivity (Wildman–Crippen MR) is 93.9 cm³/mol. The molecule has 1 aromatic carbocycles. The molecule has 0 aliphatic carbocycles. The summed E-state index contributed by atoms with van der Waals surface area (Å²) in [6, 6.07) is 7.85. The van der Waals surface area contributed by atoms with Gasteiger partial charge in [-0.1, -0.05) is 12.1 Å². The summed E-state index contributed by atoms with van der Waals surface area (Å²) >= 11 is 0. The number of nitrogens with one attached hydrogen (secondary N) is 1. The molecule has 28 heavy (non-hydrogen) atoms. The van der Waals surface area contributed by atoms with Crippen LogP contribution in [0.25, 0.3) is 11.3 Å². The molecule has 4 aromatic rings. The lowest BCUT2D eigenvalue weighted by molar-refractivity contribution is -0.137. The SMILES string of the molecule is Nc1ccn2ncc(C(=O)Nc3ccnn3-c3ccccc3C(F)(F)F)c2n1. The number of anilines is 2. The Hall–Kier alpha value is -3.89. The second kappa shape index (κ2) is 6.37. The van der Waals surface area contributed by atoms with E-state index in [-0.39, 0.29) is 28.5 Å². The quantitative estimate of drug-likeness (QED) is 0.563. The van der Waals surface area contributed by atoms with Crippen molar-refractivity contribution in [1.29, 1.82) is 0 Å². The number of rotatable bonds is 3. The summed E-state index contributed by atoms with van der Waals surface area (Å²) in [5.41, 5.74) is 4.89. The molecule has 0 saturated carbocycles.